The van der Waals surface area contributed by atoms with E-state index >= 15 is 0 Å². The molecule has 2 aromatic heterocycles. The second-order valence-electron chi connectivity index (χ2n) is 3.92. The van der Waals surface area contributed by atoms with Crippen molar-refractivity contribution in [3.05, 3.63) is 22.7 Å². The third-order valence-corrected chi connectivity index (χ3v) is 2.61. The summed E-state index contributed by atoms with van der Waals surface area (Å²) >= 11 is 5.92. The lowest BCUT2D eigenvalue weighted by Gasteiger charge is -2.06. The van der Waals surface area contributed by atoms with E-state index in [9.17, 15) is 0 Å². The molecule has 0 aliphatic carbocycles. The monoisotopic (exact) mass is 223 g/mol. The van der Waals surface area contributed by atoms with E-state index in [-0.39, 0.29) is 0 Å². The number of nitrogens with one attached hydrogen (secondary N) is 1. The molecular formula is C11H14ClN3. The zero-order valence-electron chi connectivity index (χ0n) is 9.13. The molecule has 3 nitrogen and oxygen atoms in total. The lowest BCUT2D eigenvalue weighted by molar-refractivity contribution is 0.768. The quantitative estimate of drug-likeness (QED) is 0.849. The van der Waals surface area contributed by atoms with Crippen molar-refractivity contribution in [2.45, 2.75) is 33.1 Å². The first-order valence-corrected chi connectivity index (χ1v) is 5.54. The fraction of sp³-hybridized carbons (Fsp3) is 0.455. The minimum absolute atomic E-state index is 0.335. The smallest absolute Gasteiger partial charge is 0.142 e. The van der Waals surface area contributed by atoms with Gasteiger partial charge in [-0.2, -0.15) is 0 Å². The molecule has 2 heterocycles. The summed E-state index contributed by atoms with van der Waals surface area (Å²) in [5, 5.41) is 1.65. The Morgan fingerprint density at radius 1 is 1.40 bits per heavy atom. The molecule has 2 aromatic rings. The fourth-order valence-corrected chi connectivity index (χ4v) is 1.78. The van der Waals surface area contributed by atoms with Gasteiger partial charge in [0.1, 0.15) is 16.6 Å². The van der Waals surface area contributed by atoms with Crippen LogP contribution in [-0.4, -0.2) is 15.0 Å². The third kappa shape index (κ3) is 1.84. The van der Waals surface area contributed by atoms with E-state index in [1.807, 2.05) is 6.07 Å². The molecule has 1 N–H and O–H groups in total. The van der Waals surface area contributed by atoms with E-state index in [1.165, 1.54) is 0 Å². The first-order valence-electron chi connectivity index (χ1n) is 5.16. The first kappa shape index (κ1) is 10.4. The Balaban J connectivity index is 2.70. The highest BCUT2D eigenvalue weighted by Gasteiger charge is 2.11. The molecule has 0 atom stereocenters. The normalized spacial score (nSPS) is 11.5. The van der Waals surface area contributed by atoms with Gasteiger partial charge in [0, 0.05) is 11.3 Å². The Kier molecular flexibility index (Phi) is 2.65. The van der Waals surface area contributed by atoms with Gasteiger partial charge in [-0.25, -0.2) is 9.97 Å². The molecule has 0 aliphatic rings. The lowest BCUT2D eigenvalue weighted by atomic mass is 10.2. The number of hydrogen-bond donors (Lipinski definition) is 1. The van der Waals surface area contributed by atoms with Crippen molar-refractivity contribution in [3.63, 3.8) is 0 Å². The molecule has 0 radical (unpaired) electrons. The molecule has 0 aliphatic heterocycles. The highest BCUT2D eigenvalue weighted by molar-refractivity contribution is 6.30. The largest absolute Gasteiger partial charge is 0.330 e. The van der Waals surface area contributed by atoms with Crippen LogP contribution in [0.25, 0.3) is 11.0 Å². The maximum atomic E-state index is 5.92. The maximum Gasteiger partial charge on any atom is 0.142 e. The van der Waals surface area contributed by atoms with Crippen molar-refractivity contribution in [3.8, 4) is 0 Å². The Bertz CT molecular complexity index is 488. The Morgan fingerprint density at radius 2 is 2.13 bits per heavy atom. The molecule has 0 bridgehead atoms. The van der Waals surface area contributed by atoms with E-state index in [2.05, 4.69) is 35.7 Å². The van der Waals surface area contributed by atoms with Crippen LogP contribution in [0, 0.1) is 0 Å². The molecule has 0 spiro atoms. The number of hydrogen-bond acceptors (Lipinski definition) is 2. The highest BCUT2D eigenvalue weighted by atomic mass is 35.5. The number of aromatic amines is 1. The first-order chi connectivity index (χ1) is 7.11. The van der Waals surface area contributed by atoms with E-state index in [0.29, 0.717) is 11.1 Å². The summed E-state index contributed by atoms with van der Waals surface area (Å²) in [5.74, 6) is 1.21. The fourth-order valence-electron chi connectivity index (χ4n) is 1.59. The molecule has 2 rings (SSSR count). The van der Waals surface area contributed by atoms with Gasteiger partial charge in [0.15, 0.2) is 0 Å². The summed E-state index contributed by atoms with van der Waals surface area (Å²) in [6.07, 6.45) is 0.896. The van der Waals surface area contributed by atoms with Gasteiger partial charge in [-0.15, -0.1) is 0 Å². The summed E-state index contributed by atoms with van der Waals surface area (Å²) in [6, 6.07) is 1.89. The number of nitrogens with zero attached hydrogens (tertiary/aromatic N) is 2. The van der Waals surface area contributed by atoms with Crippen LogP contribution in [-0.2, 0) is 6.42 Å². The van der Waals surface area contributed by atoms with Crippen LogP contribution in [0.3, 0.4) is 0 Å². The van der Waals surface area contributed by atoms with E-state index in [1.54, 1.807) is 0 Å². The zero-order chi connectivity index (χ0) is 11.0. The highest BCUT2D eigenvalue weighted by Crippen LogP contribution is 2.22. The molecule has 0 amide bonds. The second-order valence-corrected chi connectivity index (χ2v) is 4.32. The molecule has 0 saturated carbocycles. The van der Waals surface area contributed by atoms with Crippen molar-refractivity contribution in [1.82, 2.24) is 15.0 Å². The molecule has 0 aromatic carbocycles. The summed E-state index contributed by atoms with van der Waals surface area (Å²) < 4.78 is 0. The van der Waals surface area contributed by atoms with Crippen molar-refractivity contribution in [1.29, 1.82) is 0 Å². The minimum atomic E-state index is 0.335. The van der Waals surface area contributed by atoms with Crippen LogP contribution < -0.4 is 0 Å². The number of H-pyrrole nitrogens is 1. The summed E-state index contributed by atoms with van der Waals surface area (Å²) in [7, 11) is 0. The van der Waals surface area contributed by atoms with E-state index in [0.717, 1.165) is 29.0 Å². The molecule has 15 heavy (non-hydrogen) atoms. The Morgan fingerprint density at radius 3 is 2.73 bits per heavy atom. The molecule has 0 unspecified atom stereocenters. The minimum Gasteiger partial charge on any atom is -0.330 e. The summed E-state index contributed by atoms with van der Waals surface area (Å²) in [5.41, 5.74) is 1.91. The van der Waals surface area contributed by atoms with Gasteiger partial charge in [0.25, 0.3) is 0 Å². The van der Waals surface area contributed by atoms with Gasteiger partial charge >= 0.3 is 0 Å². The number of rotatable bonds is 2. The van der Waals surface area contributed by atoms with Gasteiger partial charge in [0.05, 0.1) is 5.69 Å². The van der Waals surface area contributed by atoms with Crippen molar-refractivity contribution < 1.29 is 0 Å². The average molecular weight is 224 g/mol. The predicted octanol–water partition coefficient (Wildman–Crippen LogP) is 3.30. The molecule has 80 valence electrons. The molecular weight excluding hydrogens is 210 g/mol. The van der Waals surface area contributed by atoms with E-state index in [4.69, 9.17) is 11.6 Å². The molecule has 4 heteroatoms. The third-order valence-electron chi connectivity index (χ3n) is 2.40. The van der Waals surface area contributed by atoms with Crippen LogP contribution in [0.1, 0.15) is 38.2 Å². The number of aryl methyl sites for hydroxylation is 1. The van der Waals surface area contributed by atoms with Gasteiger partial charge in [-0.05, 0) is 12.5 Å². The van der Waals surface area contributed by atoms with Crippen molar-refractivity contribution in [2.75, 3.05) is 0 Å². The Labute approximate surface area is 93.9 Å². The number of aromatic nitrogens is 3. The Hall–Kier alpha value is -1.09. The predicted molar refractivity (Wildman–Crippen MR) is 62.4 cm³/mol. The number of fused-ring (bicyclic) bond motifs is 1. The van der Waals surface area contributed by atoms with Gasteiger partial charge in [-0.3, -0.25) is 0 Å². The van der Waals surface area contributed by atoms with Crippen LogP contribution in [0.15, 0.2) is 6.07 Å². The van der Waals surface area contributed by atoms with E-state index < -0.39 is 0 Å². The van der Waals surface area contributed by atoms with Crippen LogP contribution in [0.4, 0.5) is 0 Å². The van der Waals surface area contributed by atoms with Crippen LogP contribution >= 0.6 is 11.6 Å². The van der Waals surface area contributed by atoms with Crippen molar-refractivity contribution >= 4 is 22.6 Å². The molecule has 0 fully saturated rings. The average Bonchev–Trinajstić information content (AvgIpc) is 2.56. The topological polar surface area (TPSA) is 41.6 Å². The van der Waals surface area contributed by atoms with Crippen LogP contribution in [0.2, 0.25) is 5.15 Å². The zero-order valence-corrected chi connectivity index (χ0v) is 9.89. The van der Waals surface area contributed by atoms with Gasteiger partial charge < -0.3 is 4.98 Å². The maximum absolute atomic E-state index is 5.92. The number of halogens is 1. The second kappa shape index (κ2) is 3.81. The van der Waals surface area contributed by atoms with Crippen molar-refractivity contribution in [2.24, 2.45) is 0 Å². The lowest BCUT2D eigenvalue weighted by Crippen LogP contribution is -2.01. The van der Waals surface area contributed by atoms with Gasteiger partial charge in [0.2, 0.25) is 0 Å². The molecule has 0 saturated heterocycles. The standard InChI is InChI=1S/C11H14ClN3/c1-4-8-7-5-9(12)14-11(7)15-10(13-8)6(2)3/h5-6H,4H2,1-3H3,(H,13,14,15). The SMILES string of the molecule is CCc1nc(C(C)C)nc2[nH]c(Cl)cc12. The van der Waals surface area contributed by atoms with Crippen LogP contribution in [0.5, 0.6) is 0 Å². The summed E-state index contributed by atoms with van der Waals surface area (Å²) in [4.78, 5) is 12.0. The van der Waals surface area contributed by atoms with Gasteiger partial charge in [-0.1, -0.05) is 32.4 Å². The summed E-state index contributed by atoms with van der Waals surface area (Å²) in [6.45, 7) is 6.27.